The lowest BCUT2D eigenvalue weighted by molar-refractivity contribution is -0.115. The van der Waals surface area contributed by atoms with Crippen molar-refractivity contribution in [1.29, 1.82) is 0 Å². The second-order valence-electron chi connectivity index (χ2n) is 6.84. The Morgan fingerprint density at radius 2 is 1.97 bits per heavy atom. The Morgan fingerprint density at radius 3 is 2.71 bits per heavy atom. The number of carbonyl (C=O) groups is 1. The van der Waals surface area contributed by atoms with Crippen LogP contribution in [0.4, 0.5) is 5.69 Å². The molecule has 6 nitrogen and oxygen atoms in total. The zero-order valence-electron chi connectivity index (χ0n) is 17.2. The quantitative estimate of drug-likeness (QED) is 0.385. The summed E-state index contributed by atoms with van der Waals surface area (Å²) in [6, 6.07) is 21.1. The Hall–Kier alpha value is -3.10. The fraction of sp³-hybridized carbons (Fsp3) is 0.174. The summed E-state index contributed by atoms with van der Waals surface area (Å²) in [5.41, 5.74) is 1.58. The molecule has 0 aliphatic carbocycles. The molecular formula is C23H22N4O2S2. The first kappa shape index (κ1) is 21.1. The molecule has 0 radical (unpaired) electrons. The fourth-order valence-corrected chi connectivity index (χ4v) is 4.81. The molecule has 2 aromatic heterocycles. The molecule has 0 bridgehead atoms. The highest BCUT2D eigenvalue weighted by Crippen LogP contribution is 2.35. The van der Waals surface area contributed by atoms with Crippen molar-refractivity contribution in [2.75, 3.05) is 12.4 Å². The lowest BCUT2D eigenvalue weighted by Gasteiger charge is -2.17. The molecule has 0 saturated heterocycles. The van der Waals surface area contributed by atoms with Crippen LogP contribution in [0, 0.1) is 0 Å². The highest BCUT2D eigenvalue weighted by atomic mass is 32.2. The number of carbonyl (C=O) groups excluding carboxylic acids is 1. The Morgan fingerprint density at radius 1 is 1.13 bits per heavy atom. The molecule has 0 saturated carbocycles. The number of nitrogens with one attached hydrogen (secondary N) is 1. The average molecular weight is 451 g/mol. The van der Waals surface area contributed by atoms with Crippen LogP contribution < -0.4 is 10.1 Å². The number of amides is 1. The van der Waals surface area contributed by atoms with E-state index in [0.717, 1.165) is 11.4 Å². The minimum atomic E-state index is -0.482. The van der Waals surface area contributed by atoms with Gasteiger partial charge in [-0.1, -0.05) is 54.2 Å². The van der Waals surface area contributed by atoms with Crippen LogP contribution >= 0.6 is 23.1 Å². The van der Waals surface area contributed by atoms with Crippen LogP contribution in [0.3, 0.4) is 0 Å². The lowest BCUT2D eigenvalue weighted by Crippen LogP contribution is -2.19. The number of nitrogens with zero attached hydrogens (tertiary/aromatic N) is 3. The van der Waals surface area contributed by atoms with Crippen molar-refractivity contribution in [1.82, 2.24) is 14.8 Å². The van der Waals surface area contributed by atoms with Crippen LogP contribution in [-0.4, -0.2) is 27.8 Å². The maximum atomic E-state index is 13.3. The van der Waals surface area contributed by atoms with Crippen molar-refractivity contribution < 1.29 is 9.53 Å². The standard InChI is InChI=1S/C23H22N4O2S2/c1-27-20(15-19-12-7-13-30-19)25-26-23(27)31-21(16-8-4-3-5-9-16)22(28)24-17-10-6-11-18(14-17)29-2/h3-14,21H,15H2,1-2H3,(H,24,28)/t21-/m1/s1. The molecule has 4 rings (SSSR count). The Balaban J connectivity index is 1.57. The zero-order chi connectivity index (χ0) is 21.6. The molecule has 8 heteroatoms. The number of methoxy groups -OCH3 is 1. The van der Waals surface area contributed by atoms with E-state index >= 15 is 0 Å². The highest BCUT2D eigenvalue weighted by Gasteiger charge is 2.25. The first-order chi connectivity index (χ1) is 15.1. The van der Waals surface area contributed by atoms with Gasteiger partial charge in [0.25, 0.3) is 0 Å². The van der Waals surface area contributed by atoms with Gasteiger partial charge in [-0.25, -0.2) is 0 Å². The summed E-state index contributed by atoms with van der Waals surface area (Å²) in [4.78, 5) is 14.5. The van der Waals surface area contributed by atoms with Crippen LogP contribution in [0.2, 0.25) is 0 Å². The van der Waals surface area contributed by atoms with Gasteiger partial charge in [0.1, 0.15) is 16.8 Å². The number of hydrogen-bond acceptors (Lipinski definition) is 6. The topological polar surface area (TPSA) is 69.0 Å². The third-order valence-corrected chi connectivity index (χ3v) is 6.90. The maximum absolute atomic E-state index is 13.3. The molecule has 0 unspecified atom stereocenters. The molecule has 1 amide bonds. The largest absolute Gasteiger partial charge is 0.497 e. The number of ether oxygens (including phenoxy) is 1. The summed E-state index contributed by atoms with van der Waals surface area (Å²) in [5, 5.41) is 14.0. The lowest BCUT2D eigenvalue weighted by atomic mass is 10.1. The highest BCUT2D eigenvalue weighted by molar-refractivity contribution is 8.00. The molecule has 1 atom stereocenters. The summed E-state index contributed by atoms with van der Waals surface area (Å²) in [5.74, 6) is 1.42. The van der Waals surface area contributed by atoms with Crippen molar-refractivity contribution in [2.45, 2.75) is 16.8 Å². The van der Waals surface area contributed by atoms with Crippen molar-refractivity contribution >= 4 is 34.7 Å². The predicted molar refractivity (Wildman–Crippen MR) is 125 cm³/mol. The van der Waals surface area contributed by atoms with Crippen LogP contribution in [0.5, 0.6) is 5.75 Å². The summed E-state index contributed by atoms with van der Waals surface area (Å²) in [6.45, 7) is 0. The molecular weight excluding hydrogens is 428 g/mol. The number of thiophene rings is 1. The molecule has 0 aliphatic heterocycles. The number of benzene rings is 2. The monoisotopic (exact) mass is 450 g/mol. The Kier molecular flexibility index (Phi) is 6.69. The SMILES string of the molecule is COc1cccc(NC(=O)[C@H](Sc2nnc(Cc3cccs3)n2C)c2ccccc2)c1. The van der Waals surface area contributed by atoms with E-state index in [1.165, 1.54) is 16.6 Å². The second kappa shape index (κ2) is 9.80. The van der Waals surface area contributed by atoms with Crippen LogP contribution in [0.25, 0.3) is 0 Å². The van der Waals surface area contributed by atoms with E-state index in [4.69, 9.17) is 4.74 Å². The zero-order valence-corrected chi connectivity index (χ0v) is 18.8. The molecule has 0 fully saturated rings. The minimum absolute atomic E-state index is 0.132. The second-order valence-corrected chi connectivity index (χ2v) is 8.95. The summed E-state index contributed by atoms with van der Waals surface area (Å²) in [6.07, 6.45) is 0.716. The molecule has 0 aliphatic rings. The average Bonchev–Trinajstić information content (AvgIpc) is 3.43. The normalized spacial score (nSPS) is 11.8. The van der Waals surface area contributed by atoms with Gasteiger partial charge < -0.3 is 14.6 Å². The summed E-state index contributed by atoms with van der Waals surface area (Å²) >= 11 is 3.08. The maximum Gasteiger partial charge on any atom is 0.242 e. The molecule has 31 heavy (non-hydrogen) atoms. The predicted octanol–water partition coefficient (Wildman–Crippen LogP) is 4.95. The van der Waals surface area contributed by atoms with E-state index in [0.29, 0.717) is 23.0 Å². The van der Waals surface area contributed by atoms with E-state index in [1.54, 1.807) is 24.5 Å². The fourth-order valence-electron chi connectivity index (χ4n) is 3.09. The molecule has 2 aromatic carbocycles. The minimum Gasteiger partial charge on any atom is -0.497 e. The van der Waals surface area contributed by atoms with Gasteiger partial charge in [0, 0.05) is 30.1 Å². The van der Waals surface area contributed by atoms with E-state index in [2.05, 4.69) is 27.0 Å². The first-order valence-corrected chi connectivity index (χ1v) is 11.5. The van der Waals surface area contributed by atoms with E-state index < -0.39 is 5.25 Å². The molecule has 2 heterocycles. The van der Waals surface area contributed by atoms with Crippen molar-refractivity contribution in [2.24, 2.45) is 7.05 Å². The molecule has 1 N–H and O–H groups in total. The molecule has 0 spiro atoms. The van der Waals surface area contributed by atoms with Gasteiger partial charge in [0.15, 0.2) is 5.16 Å². The van der Waals surface area contributed by atoms with E-state index in [1.807, 2.05) is 66.2 Å². The van der Waals surface area contributed by atoms with Gasteiger partial charge in [0.05, 0.1) is 7.11 Å². The third-order valence-electron chi connectivity index (χ3n) is 4.74. The number of aromatic nitrogens is 3. The summed E-state index contributed by atoms with van der Waals surface area (Å²) < 4.78 is 7.22. The number of rotatable bonds is 8. The van der Waals surface area contributed by atoms with Crippen LogP contribution in [0.1, 0.15) is 21.5 Å². The van der Waals surface area contributed by atoms with Crippen LogP contribution in [0.15, 0.2) is 77.3 Å². The van der Waals surface area contributed by atoms with Gasteiger partial charge in [-0.3, -0.25) is 4.79 Å². The van der Waals surface area contributed by atoms with Gasteiger partial charge in [-0.15, -0.1) is 21.5 Å². The van der Waals surface area contributed by atoms with Gasteiger partial charge >= 0.3 is 0 Å². The van der Waals surface area contributed by atoms with Gasteiger partial charge in [-0.2, -0.15) is 0 Å². The Labute approximate surface area is 189 Å². The van der Waals surface area contributed by atoms with Crippen molar-refractivity contribution in [3.8, 4) is 5.75 Å². The van der Waals surface area contributed by atoms with Crippen LogP contribution in [-0.2, 0) is 18.3 Å². The number of hydrogen-bond donors (Lipinski definition) is 1. The number of thioether (sulfide) groups is 1. The molecule has 158 valence electrons. The van der Waals surface area contributed by atoms with Crippen molar-refractivity contribution in [3.05, 3.63) is 88.4 Å². The summed E-state index contributed by atoms with van der Waals surface area (Å²) in [7, 11) is 3.54. The smallest absolute Gasteiger partial charge is 0.242 e. The Bertz CT molecular complexity index is 1140. The van der Waals surface area contributed by atoms with E-state index in [9.17, 15) is 4.79 Å². The van der Waals surface area contributed by atoms with E-state index in [-0.39, 0.29) is 5.91 Å². The first-order valence-electron chi connectivity index (χ1n) is 9.71. The van der Waals surface area contributed by atoms with Gasteiger partial charge in [-0.05, 0) is 29.1 Å². The molecule has 4 aromatic rings. The van der Waals surface area contributed by atoms with Crippen molar-refractivity contribution in [3.63, 3.8) is 0 Å². The number of anilines is 1. The third kappa shape index (κ3) is 5.15. The van der Waals surface area contributed by atoms with Gasteiger partial charge in [0.2, 0.25) is 5.91 Å².